The maximum atomic E-state index is 13.6. The lowest BCUT2D eigenvalue weighted by atomic mass is 10.2. The second-order valence-corrected chi connectivity index (χ2v) is 6.12. The third-order valence-corrected chi connectivity index (χ3v) is 4.06. The van der Waals surface area contributed by atoms with Gasteiger partial charge in [-0.2, -0.15) is 0 Å². The van der Waals surface area contributed by atoms with Crippen LogP contribution >= 0.6 is 11.6 Å². The molecule has 1 heterocycles. The van der Waals surface area contributed by atoms with Crippen molar-refractivity contribution in [2.24, 2.45) is 0 Å². The quantitative estimate of drug-likeness (QED) is 0.676. The fourth-order valence-electron chi connectivity index (χ4n) is 2.35. The summed E-state index contributed by atoms with van der Waals surface area (Å²) in [7, 11) is 0. The predicted molar refractivity (Wildman–Crippen MR) is 101 cm³/mol. The first-order valence-electron chi connectivity index (χ1n) is 8.08. The van der Waals surface area contributed by atoms with E-state index in [-0.39, 0.29) is 24.0 Å². The van der Waals surface area contributed by atoms with Crippen molar-refractivity contribution in [1.82, 2.24) is 10.3 Å². The fraction of sp³-hybridized carbons (Fsp3) is 0.100. The second-order valence-electron chi connectivity index (χ2n) is 5.69. The van der Waals surface area contributed by atoms with Gasteiger partial charge in [0.2, 0.25) is 0 Å². The standard InChI is InChI=1S/C20H17ClFN3O/c21-16-7-5-14(6-8-16)11-23-17-9-10-19(24-13-17)20(26)25-12-15-3-1-2-4-18(15)22/h1-10,13,23H,11-12H2,(H,25,26). The average molecular weight is 370 g/mol. The summed E-state index contributed by atoms with van der Waals surface area (Å²) in [6.45, 7) is 0.738. The van der Waals surface area contributed by atoms with Crippen molar-refractivity contribution in [3.05, 3.63) is 94.5 Å². The van der Waals surface area contributed by atoms with Crippen LogP contribution in [0.5, 0.6) is 0 Å². The zero-order valence-electron chi connectivity index (χ0n) is 13.9. The third-order valence-electron chi connectivity index (χ3n) is 3.80. The van der Waals surface area contributed by atoms with Gasteiger partial charge in [0.15, 0.2) is 0 Å². The van der Waals surface area contributed by atoms with E-state index in [9.17, 15) is 9.18 Å². The van der Waals surface area contributed by atoms with Crippen LogP contribution < -0.4 is 10.6 Å². The molecule has 6 heteroatoms. The SMILES string of the molecule is O=C(NCc1ccccc1F)c1ccc(NCc2ccc(Cl)cc2)cn1. The van der Waals surface area contributed by atoms with Crippen LogP contribution in [0.4, 0.5) is 10.1 Å². The Hall–Kier alpha value is -2.92. The summed E-state index contributed by atoms with van der Waals surface area (Å²) >= 11 is 5.86. The van der Waals surface area contributed by atoms with Crippen LogP contribution in [0.3, 0.4) is 0 Å². The van der Waals surface area contributed by atoms with Crippen molar-refractivity contribution in [3.63, 3.8) is 0 Å². The lowest BCUT2D eigenvalue weighted by Gasteiger charge is -2.08. The smallest absolute Gasteiger partial charge is 0.270 e. The van der Waals surface area contributed by atoms with E-state index < -0.39 is 0 Å². The molecule has 0 spiro atoms. The third kappa shape index (κ3) is 4.80. The molecule has 3 aromatic rings. The van der Waals surface area contributed by atoms with E-state index in [2.05, 4.69) is 15.6 Å². The van der Waals surface area contributed by atoms with Gasteiger partial charge in [-0.15, -0.1) is 0 Å². The predicted octanol–water partition coefficient (Wildman–Crippen LogP) is 4.42. The highest BCUT2D eigenvalue weighted by Gasteiger charge is 2.08. The number of hydrogen-bond donors (Lipinski definition) is 2. The Bertz CT molecular complexity index is 882. The first-order chi connectivity index (χ1) is 12.6. The van der Waals surface area contributed by atoms with Crippen molar-refractivity contribution in [1.29, 1.82) is 0 Å². The average Bonchev–Trinajstić information content (AvgIpc) is 2.67. The van der Waals surface area contributed by atoms with Crippen LogP contribution in [0.1, 0.15) is 21.6 Å². The Morgan fingerprint density at radius 2 is 1.77 bits per heavy atom. The summed E-state index contributed by atoms with van der Waals surface area (Å²) in [4.78, 5) is 16.3. The van der Waals surface area contributed by atoms with Crippen LogP contribution in [-0.2, 0) is 13.1 Å². The highest BCUT2D eigenvalue weighted by Crippen LogP contribution is 2.12. The lowest BCUT2D eigenvalue weighted by Crippen LogP contribution is -2.24. The lowest BCUT2D eigenvalue weighted by molar-refractivity contribution is 0.0945. The molecule has 0 saturated carbocycles. The number of amides is 1. The van der Waals surface area contributed by atoms with Gasteiger partial charge in [-0.25, -0.2) is 9.37 Å². The number of nitrogens with zero attached hydrogens (tertiary/aromatic N) is 1. The van der Waals surface area contributed by atoms with Gasteiger partial charge in [0.05, 0.1) is 11.9 Å². The van der Waals surface area contributed by atoms with E-state index in [4.69, 9.17) is 11.6 Å². The maximum Gasteiger partial charge on any atom is 0.270 e. The maximum absolute atomic E-state index is 13.6. The molecule has 3 rings (SSSR count). The molecule has 132 valence electrons. The molecule has 2 N–H and O–H groups in total. The number of benzene rings is 2. The Morgan fingerprint density at radius 3 is 2.46 bits per heavy atom. The summed E-state index contributed by atoms with van der Waals surface area (Å²) in [6, 6.07) is 17.3. The molecule has 0 saturated heterocycles. The first-order valence-corrected chi connectivity index (χ1v) is 8.45. The van der Waals surface area contributed by atoms with Gasteiger partial charge in [-0.3, -0.25) is 4.79 Å². The van der Waals surface area contributed by atoms with E-state index in [1.807, 2.05) is 24.3 Å². The molecule has 2 aromatic carbocycles. The largest absolute Gasteiger partial charge is 0.380 e. The number of rotatable bonds is 6. The number of anilines is 1. The molecule has 26 heavy (non-hydrogen) atoms. The molecule has 0 aliphatic rings. The fourth-order valence-corrected chi connectivity index (χ4v) is 2.47. The molecule has 0 bridgehead atoms. The highest BCUT2D eigenvalue weighted by molar-refractivity contribution is 6.30. The molecule has 0 fully saturated rings. The summed E-state index contributed by atoms with van der Waals surface area (Å²) in [6.07, 6.45) is 1.59. The molecule has 0 atom stereocenters. The monoisotopic (exact) mass is 369 g/mol. The number of aromatic nitrogens is 1. The first kappa shape index (κ1) is 17.9. The molecule has 0 aliphatic heterocycles. The summed E-state index contributed by atoms with van der Waals surface area (Å²) in [5.41, 5.74) is 2.59. The molecule has 4 nitrogen and oxygen atoms in total. The zero-order valence-corrected chi connectivity index (χ0v) is 14.6. The highest BCUT2D eigenvalue weighted by atomic mass is 35.5. The van der Waals surface area contributed by atoms with Crippen molar-refractivity contribution >= 4 is 23.2 Å². The molecular weight excluding hydrogens is 353 g/mol. The van der Waals surface area contributed by atoms with Crippen molar-refractivity contribution in [3.8, 4) is 0 Å². The van der Waals surface area contributed by atoms with Crippen LogP contribution in [0.25, 0.3) is 0 Å². The number of carbonyl (C=O) groups is 1. The number of nitrogens with one attached hydrogen (secondary N) is 2. The minimum Gasteiger partial charge on any atom is -0.380 e. The van der Waals surface area contributed by atoms with Gasteiger partial charge in [-0.1, -0.05) is 41.9 Å². The number of hydrogen-bond acceptors (Lipinski definition) is 3. The van der Waals surface area contributed by atoms with E-state index in [1.165, 1.54) is 6.07 Å². The number of halogens is 2. The van der Waals surface area contributed by atoms with Crippen molar-refractivity contribution < 1.29 is 9.18 Å². The molecule has 1 aromatic heterocycles. The zero-order chi connectivity index (χ0) is 18.4. The van der Waals surface area contributed by atoms with E-state index in [0.717, 1.165) is 11.3 Å². The molecule has 1 amide bonds. The van der Waals surface area contributed by atoms with Gasteiger partial charge in [0.1, 0.15) is 11.5 Å². The van der Waals surface area contributed by atoms with Gasteiger partial charge in [0, 0.05) is 23.7 Å². The van der Waals surface area contributed by atoms with Crippen LogP contribution in [0, 0.1) is 5.82 Å². The summed E-state index contributed by atoms with van der Waals surface area (Å²) < 4.78 is 13.6. The minimum absolute atomic E-state index is 0.115. The van der Waals surface area contributed by atoms with Gasteiger partial charge in [0.25, 0.3) is 5.91 Å². The van der Waals surface area contributed by atoms with Crippen molar-refractivity contribution in [2.75, 3.05) is 5.32 Å². The molecule has 0 radical (unpaired) electrons. The van der Waals surface area contributed by atoms with E-state index in [1.54, 1.807) is 36.5 Å². The Morgan fingerprint density at radius 1 is 1.00 bits per heavy atom. The second kappa shape index (κ2) is 8.45. The van der Waals surface area contributed by atoms with Gasteiger partial charge >= 0.3 is 0 Å². The van der Waals surface area contributed by atoms with Gasteiger partial charge < -0.3 is 10.6 Å². The van der Waals surface area contributed by atoms with Gasteiger partial charge in [-0.05, 0) is 35.9 Å². The van der Waals surface area contributed by atoms with E-state index >= 15 is 0 Å². The van der Waals surface area contributed by atoms with E-state index in [0.29, 0.717) is 17.1 Å². The molecule has 0 unspecified atom stereocenters. The van der Waals surface area contributed by atoms with Crippen LogP contribution in [-0.4, -0.2) is 10.9 Å². The minimum atomic E-state index is -0.350. The normalized spacial score (nSPS) is 10.4. The van der Waals surface area contributed by atoms with Crippen LogP contribution in [0.15, 0.2) is 66.9 Å². The van der Waals surface area contributed by atoms with Crippen molar-refractivity contribution in [2.45, 2.75) is 13.1 Å². The Balaban J connectivity index is 1.54. The molecular formula is C20H17ClFN3O. The summed E-state index contributed by atoms with van der Waals surface area (Å²) in [5, 5.41) is 6.58. The topological polar surface area (TPSA) is 54.0 Å². The summed E-state index contributed by atoms with van der Waals surface area (Å²) in [5.74, 6) is -0.694. The Kier molecular flexibility index (Phi) is 5.81. The Labute approximate surface area is 156 Å². The number of carbonyl (C=O) groups excluding carboxylic acids is 1. The molecule has 0 aliphatic carbocycles. The van der Waals surface area contributed by atoms with Crippen LogP contribution in [0.2, 0.25) is 5.02 Å². The number of pyridine rings is 1.